The number of halogens is 1. The van der Waals surface area contributed by atoms with Crippen molar-refractivity contribution >= 4 is 40.4 Å². The fraction of sp³-hybridized carbons (Fsp3) is 0.364. The number of Topliss-reactive ketones (excluding diaryl/α,β-unsaturated/α-hetero) is 1. The molecule has 1 aliphatic heterocycles. The maximum atomic E-state index is 12.6. The second kappa shape index (κ2) is 9.11. The lowest BCUT2D eigenvalue weighted by atomic mass is 10.1. The molecule has 6 heteroatoms. The zero-order valence-corrected chi connectivity index (χ0v) is 17.1. The molecule has 0 saturated carbocycles. The van der Waals surface area contributed by atoms with Crippen LogP contribution in [0.5, 0.6) is 0 Å². The minimum atomic E-state index is -0.450. The van der Waals surface area contributed by atoms with Crippen LogP contribution in [0.15, 0.2) is 42.5 Å². The summed E-state index contributed by atoms with van der Waals surface area (Å²) < 4.78 is 0. The Morgan fingerprint density at radius 2 is 1.71 bits per heavy atom. The van der Waals surface area contributed by atoms with E-state index in [4.69, 9.17) is 11.6 Å². The normalized spacial score (nSPS) is 15.0. The molecule has 0 radical (unpaired) electrons. The number of ketones is 1. The van der Waals surface area contributed by atoms with Crippen LogP contribution in [-0.4, -0.2) is 30.8 Å². The standard InChI is InChI=1S/C22H26ClN3O2/c1-15(22(28)25-19-9-6-17(7-10-19)16(2)27)24-20-14-18(23)8-11-21(20)26-12-4-3-5-13-26/h6-11,14-15,24H,3-5,12-13H2,1-2H3,(H,25,28)/t15-/m0/s1. The molecule has 148 valence electrons. The number of carbonyl (C=O) groups excluding carboxylic acids is 2. The van der Waals surface area contributed by atoms with Crippen LogP contribution in [0.3, 0.4) is 0 Å². The molecule has 1 aliphatic rings. The highest BCUT2D eigenvalue weighted by Crippen LogP contribution is 2.31. The van der Waals surface area contributed by atoms with E-state index in [0.29, 0.717) is 16.3 Å². The van der Waals surface area contributed by atoms with Gasteiger partial charge < -0.3 is 15.5 Å². The van der Waals surface area contributed by atoms with E-state index >= 15 is 0 Å². The van der Waals surface area contributed by atoms with Gasteiger partial charge in [-0.05, 0) is 75.6 Å². The first kappa shape index (κ1) is 20.2. The van der Waals surface area contributed by atoms with Gasteiger partial charge in [-0.15, -0.1) is 0 Å². The Morgan fingerprint density at radius 3 is 2.36 bits per heavy atom. The van der Waals surface area contributed by atoms with Crippen LogP contribution in [0.25, 0.3) is 0 Å². The van der Waals surface area contributed by atoms with E-state index in [2.05, 4.69) is 15.5 Å². The molecule has 1 heterocycles. The Balaban J connectivity index is 1.69. The first-order valence-corrected chi connectivity index (χ1v) is 10.0. The summed E-state index contributed by atoms with van der Waals surface area (Å²) in [4.78, 5) is 26.3. The van der Waals surface area contributed by atoms with Gasteiger partial charge in [0.05, 0.1) is 11.4 Å². The van der Waals surface area contributed by atoms with Gasteiger partial charge in [-0.3, -0.25) is 9.59 Å². The average Bonchev–Trinajstić information content (AvgIpc) is 2.69. The van der Waals surface area contributed by atoms with Crippen molar-refractivity contribution in [2.45, 2.75) is 39.2 Å². The lowest BCUT2D eigenvalue weighted by molar-refractivity contribution is -0.116. The smallest absolute Gasteiger partial charge is 0.246 e. The zero-order valence-electron chi connectivity index (χ0n) is 16.3. The molecule has 1 saturated heterocycles. The van der Waals surface area contributed by atoms with Gasteiger partial charge in [-0.25, -0.2) is 0 Å². The predicted molar refractivity (Wildman–Crippen MR) is 116 cm³/mol. The molecule has 1 amide bonds. The molecule has 5 nitrogen and oxygen atoms in total. The molecule has 2 aromatic carbocycles. The number of nitrogens with zero attached hydrogens (tertiary/aromatic N) is 1. The minimum absolute atomic E-state index is 0.000824. The Kier molecular flexibility index (Phi) is 6.57. The summed E-state index contributed by atoms with van der Waals surface area (Å²) in [7, 11) is 0. The van der Waals surface area contributed by atoms with E-state index < -0.39 is 6.04 Å². The third-order valence-electron chi connectivity index (χ3n) is 4.98. The molecule has 0 spiro atoms. The van der Waals surface area contributed by atoms with Crippen molar-refractivity contribution in [3.63, 3.8) is 0 Å². The monoisotopic (exact) mass is 399 g/mol. The number of anilines is 3. The highest BCUT2D eigenvalue weighted by Gasteiger charge is 2.19. The minimum Gasteiger partial charge on any atom is -0.372 e. The van der Waals surface area contributed by atoms with Gasteiger partial charge in [-0.2, -0.15) is 0 Å². The molecule has 0 aliphatic carbocycles. The fourth-order valence-corrected chi connectivity index (χ4v) is 3.54. The first-order valence-electron chi connectivity index (χ1n) is 9.67. The summed E-state index contributed by atoms with van der Waals surface area (Å²) in [5.74, 6) is -0.153. The van der Waals surface area contributed by atoms with E-state index in [1.807, 2.05) is 25.1 Å². The number of carbonyl (C=O) groups is 2. The summed E-state index contributed by atoms with van der Waals surface area (Å²) in [6, 6.07) is 12.2. The molecule has 28 heavy (non-hydrogen) atoms. The molecule has 2 aromatic rings. The molecule has 3 rings (SSSR count). The van der Waals surface area contributed by atoms with Crippen molar-refractivity contribution < 1.29 is 9.59 Å². The summed E-state index contributed by atoms with van der Waals surface area (Å²) >= 11 is 6.20. The van der Waals surface area contributed by atoms with E-state index in [9.17, 15) is 9.59 Å². The predicted octanol–water partition coefficient (Wildman–Crippen LogP) is 4.97. The van der Waals surface area contributed by atoms with Gasteiger partial charge in [0.2, 0.25) is 5.91 Å². The molecule has 0 aromatic heterocycles. The average molecular weight is 400 g/mol. The van der Waals surface area contributed by atoms with Crippen LogP contribution in [0.2, 0.25) is 5.02 Å². The number of hydrogen-bond acceptors (Lipinski definition) is 4. The van der Waals surface area contributed by atoms with Gasteiger partial charge in [0.15, 0.2) is 5.78 Å². The molecule has 1 atom stereocenters. The number of piperidine rings is 1. The van der Waals surface area contributed by atoms with Crippen molar-refractivity contribution in [1.82, 2.24) is 0 Å². The van der Waals surface area contributed by atoms with Crippen LogP contribution >= 0.6 is 11.6 Å². The fourth-order valence-electron chi connectivity index (χ4n) is 3.37. The first-order chi connectivity index (χ1) is 13.4. The van der Waals surface area contributed by atoms with Crippen molar-refractivity contribution in [3.8, 4) is 0 Å². The molecule has 0 bridgehead atoms. The van der Waals surface area contributed by atoms with Crippen LogP contribution in [0, 0.1) is 0 Å². The van der Waals surface area contributed by atoms with Crippen LogP contribution < -0.4 is 15.5 Å². The SMILES string of the molecule is CC(=O)c1ccc(NC(=O)[C@H](C)Nc2cc(Cl)ccc2N2CCCCC2)cc1. The number of nitrogens with one attached hydrogen (secondary N) is 2. The second-order valence-electron chi connectivity index (χ2n) is 7.20. The second-order valence-corrected chi connectivity index (χ2v) is 7.63. The van der Waals surface area contributed by atoms with E-state index in [-0.39, 0.29) is 11.7 Å². The summed E-state index contributed by atoms with van der Waals surface area (Å²) in [6.45, 7) is 5.36. The Bertz CT molecular complexity index is 845. The van der Waals surface area contributed by atoms with E-state index in [1.165, 1.54) is 26.2 Å². The van der Waals surface area contributed by atoms with E-state index in [0.717, 1.165) is 24.5 Å². The molecular weight excluding hydrogens is 374 g/mol. The van der Waals surface area contributed by atoms with Crippen molar-refractivity contribution in [2.24, 2.45) is 0 Å². The third-order valence-corrected chi connectivity index (χ3v) is 5.21. The third kappa shape index (κ3) is 5.04. The maximum absolute atomic E-state index is 12.6. The van der Waals surface area contributed by atoms with Gasteiger partial charge in [0, 0.05) is 29.4 Å². The van der Waals surface area contributed by atoms with Crippen LogP contribution in [0.4, 0.5) is 17.1 Å². The largest absolute Gasteiger partial charge is 0.372 e. The highest BCUT2D eigenvalue weighted by molar-refractivity contribution is 6.31. The molecule has 2 N–H and O–H groups in total. The highest BCUT2D eigenvalue weighted by atomic mass is 35.5. The number of rotatable bonds is 6. The van der Waals surface area contributed by atoms with Crippen LogP contribution in [0.1, 0.15) is 43.5 Å². The Labute approximate surface area is 171 Å². The number of hydrogen-bond donors (Lipinski definition) is 2. The summed E-state index contributed by atoms with van der Waals surface area (Å²) in [5, 5.41) is 6.82. The van der Waals surface area contributed by atoms with Gasteiger partial charge >= 0.3 is 0 Å². The Morgan fingerprint density at radius 1 is 1.04 bits per heavy atom. The number of benzene rings is 2. The lowest BCUT2D eigenvalue weighted by Gasteiger charge is -2.31. The van der Waals surface area contributed by atoms with Gasteiger partial charge in [-0.1, -0.05) is 11.6 Å². The summed E-state index contributed by atoms with van der Waals surface area (Å²) in [5.41, 5.74) is 3.22. The zero-order chi connectivity index (χ0) is 20.1. The van der Waals surface area contributed by atoms with Gasteiger partial charge in [0.25, 0.3) is 0 Å². The molecule has 1 fully saturated rings. The van der Waals surface area contributed by atoms with Crippen molar-refractivity contribution in [2.75, 3.05) is 28.6 Å². The van der Waals surface area contributed by atoms with Crippen molar-refractivity contribution in [3.05, 3.63) is 53.1 Å². The molecule has 0 unspecified atom stereocenters. The summed E-state index contributed by atoms with van der Waals surface area (Å²) in [6.07, 6.45) is 3.61. The number of amides is 1. The topological polar surface area (TPSA) is 61.4 Å². The quantitative estimate of drug-likeness (QED) is 0.673. The van der Waals surface area contributed by atoms with Crippen LogP contribution in [-0.2, 0) is 4.79 Å². The Hall–Kier alpha value is -2.53. The molecular formula is C22H26ClN3O2. The van der Waals surface area contributed by atoms with E-state index in [1.54, 1.807) is 24.3 Å². The van der Waals surface area contributed by atoms with Crippen molar-refractivity contribution in [1.29, 1.82) is 0 Å². The van der Waals surface area contributed by atoms with Gasteiger partial charge in [0.1, 0.15) is 6.04 Å². The maximum Gasteiger partial charge on any atom is 0.246 e. The lowest BCUT2D eigenvalue weighted by Crippen LogP contribution is -2.34.